The first-order chi connectivity index (χ1) is 8.63. The van der Waals surface area contributed by atoms with Crippen molar-refractivity contribution in [3.05, 3.63) is 17.5 Å². The zero-order valence-corrected chi connectivity index (χ0v) is 11.8. The van der Waals surface area contributed by atoms with E-state index in [0.717, 1.165) is 37.6 Å². The van der Waals surface area contributed by atoms with Gasteiger partial charge in [0, 0.05) is 38.1 Å². The van der Waals surface area contributed by atoms with Crippen molar-refractivity contribution in [2.75, 3.05) is 38.7 Å². The van der Waals surface area contributed by atoms with Crippen LogP contribution in [0.1, 0.15) is 31.2 Å². The van der Waals surface area contributed by atoms with E-state index in [-0.39, 0.29) is 0 Å². The van der Waals surface area contributed by atoms with E-state index in [9.17, 15) is 0 Å². The molecule has 102 valence electrons. The van der Waals surface area contributed by atoms with Crippen molar-refractivity contribution in [1.82, 2.24) is 15.3 Å². The van der Waals surface area contributed by atoms with E-state index in [0.29, 0.717) is 11.9 Å². The Balaban J connectivity index is 2.37. The maximum atomic E-state index is 4.96. The number of methoxy groups -OCH3 is 1. The van der Waals surface area contributed by atoms with Gasteiger partial charge in [-0.05, 0) is 18.9 Å². The number of ether oxygens (including phenoxy) is 1. The van der Waals surface area contributed by atoms with Gasteiger partial charge in [-0.2, -0.15) is 0 Å². The van der Waals surface area contributed by atoms with Gasteiger partial charge in [-0.25, -0.2) is 9.97 Å². The quantitative estimate of drug-likeness (QED) is 0.688. The Labute approximate surface area is 109 Å². The molecule has 0 aromatic carbocycles. The molecule has 0 atom stereocenters. The average molecular weight is 252 g/mol. The molecule has 0 fully saturated rings. The smallest absolute Gasteiger partial charge is 0.223 e. The zero-order chi connectivity index (χ0) is 13.4. The van der Waals surface area contributed by atoms with Gasteiger partial charge < -0.3 is 15.4 Å². The molecule has 1 aromatic rings. The number of rotatable bonds is 8. The second kappa shape index (κ2) is 8.00. The highest BCUT2D eigenvalue weighted by Gasteiger charge is 2.05. The van der Waals surface area contributed by atoms with Gasteiger partial charge in [0.05, 0.1) is 6.61 Å². The van der Waals surface area contributed by atoms with Gasteiger partial charge in [0.1, 0.15) is 0 Å². The SMILES string of the molecule is COCCNCCNc1nc(C)cc(C(C)C)n1. The van der Waals surface area contributed by atoms with Gasteiger partial charge in [-0.1, -0.05) is 13.8 Å². The van der Waals surface area contributed by atoms with Crippen LogP contribution in [0.4, 0.5) is 5.95 Å². The lowest BCUT2D eigenvalue weighted by Gasteiger charge is -2.10. The van der Waals surface area contributed by atoms with Crippen LogP contribution in [-0.2, 0) is 4.74 Å². The Morgan fingerprint density at radius 2 is 2.00 bits per heavy atom. The van der Waals surface area contributed by atoms with Crippen molar-refractivity contribution in [2.45, 2.75) is 26.7 Å². The fraction of sp³-hybridized carbons (Fsp3) is 0.692. The Morgan fingerprint density at radius 1 is 1.22 bits per heavy atom. The number of nitrogens with one attached hydrogen (secondary N) is 2. The van der Waals surface area contributed by atoms with Crippen LogP contribution in [0.15, 0.2) is 6.07 Å². The highest BCUT2D eigenvalue weighted by Crippen LogP contribution is 2.13. The second-order valence-corrected chi connectivity index (χ2v) is 4.58. The lowest BCUT2D eigenvalue weighted by Crippen LogP contribution is -2.26. The Kier molecular flexibility index (Phi) is 6.60. The third-order valence-electron chi connectivity index (χ3n) is 2.53. The van der Waals surface area contributed by atoms with Crippen LogP contribution in [0.2, 0.25) is 0 Å². The number of nitrogens with zero attached hydrogens (tertiary/aromatic N) is 2. The second-order valence-electron chi connectivity index (χ2n) is 4.58. The van der Waals surface area contributed by atoms with Crippen LogP contribution < -0.4 is 10.6 Å². The van der Waals surface area contributed by atoms with Gasteiger partial charge in [-0.3, -0.25) is 0 Å². The molecule has 18 heavy (non-hydrogen) atoms. The fourth-order valence-electron chi connectivity index (χ4n) is 1.53. The summed E-state index contributed by atoms with van der Waals surface area (Å²) in [7, 11) is 1.70. The Hall–Kier alpha value is -1.20. The third kappa shape index (κ3) is 5.42. The molecule has 0 aliphatic rings. The molecule has 0 aliphatic carbocycles. The lowest BCUT2D eigenvalue weighted by atomic mass is 10.1. The Morgan fingerprint density at radius 3 is 2.67 bits per heavy atom. The molecule has 1 heterocycles. The van der Waals surface area contributed by atoms with E-state index in [2.05, 4.69) is 34.4 Å². The minimum absolute atomic E-state index is 0.423. The molecule has 1 aromatic heterocycles. The molecule has 0 aliphatic heterocycles. The first-order valence-electron chi connectivity index (χ1n) is 6.42. The van der Waals surface area contributed by atoms with Crippen molar-refractivity contribution in [3.63, 3.8) is 0 Å². The molecule has 5 nitrogen and oxygen atoms in total. The summed E-state index contributed by atoms with van der Waals surface area (Å²) in [5.74, 6) is 1.14. The molecular weight excluding hydrogens is 228 g/mol. The number of hydrogen-bond donors (Lipinski definition) is 2. The largest absolute Gasteiger partial charge is 0.383 e. The van der Waals surface area contributed by atoms with Crippen LogP contribution >= 0.6 is 0 Å². The van der Waals surface area contributed by atoms with Crippen LogP contribution in [0, 0.1) is 6.92 Å². The van der Waals surface area contributed by atoms with Crippen LogP contribution in [0.3, 0.4) is 0 Å². The van der Waals surface area contributed by atoms with E-state index in [1.54, 1.807) is 7.11 Å². The third-order valence-corrected chi connectivity index (χ3v) is 2.53. The van der Waals surface area contributed by atoms with Crippen molar-refractivity contribution in [3.8, 4) is 0 Å². The van der Waals surface area contributed by atoms with Crippen molar-refractivity contribution in [1.29, 1.82) is 0 Å². The molecule has 5 heteroatoms. The van der Waals surface area contributed by atoms with Gasteiger partial charge in [0.2, 0.25) is 5.95 Å². The summed E-state index contributed by atoms with van der Waals surface area (Å²) < 4.78 is 4.96. The maximum absolute atomic E-state index is 4.96. The summed E-state index contributed by atoms with van der Waals surface area (Å²) in [6.45, 7) is 9.55. The number of aryl methyl sites for hydroxylation is 1. The number of aromatic nitrogens is 2. The zero-order valence-electron chi connectivity index (χ0n) is 11.8. The van der Waals surface area contributed by atoms with Gasteiger partial charge in [0.25, 0.3) is 0 Å². The molecule has 0 saturated heterocycles. The van der Waals surface area contributed by atoms with Crippen molar-refractivity contribution >= 4 is 5.95 Å². The summed E-state index contributed by atoms with van der Waals surface area (Å²) in [5.41, 5.74) is 2.08. The average Bonchev–Trinajstić information content (AvgIpc) is 2.33. The molecule has 2 N–H and O–H groups in total. The molecule has 0 bridgehead atoms. The van der Waals surface area contributed by atoms with Gasteiger partial charge >= 0.3 is 0 Å². The highest BCUT2D eigenvalue weighted by atomic mass is 16.5. The normalized spacial score (nSPS) is 10.9. The summed E-state index contributed by atoms with van der Waals surface area (Å²) >= 11 is 0. The topological polar surface area (TPSA) is 59.1 Å². The first kappa shape index (κ1) is 14.9. The lowest BCUT2D eigenvalue weighted by molar-refractivity contribution is 0.200. The summed E-state index contributed by atoms with van der Waals surface area (Å²) in [6.07, 6.45) is 0. The van der Waals surface area contributed by atoms with E-state index >= 15 is 0 Å². The molecule has 0 unspecified atom stereocenters. The minimum Gasteiger partial charge on any atom is -0.383 e. The Bertz CT molecular complexity index is 355. The van der Waals surface area contributed by atoms with Crippen LogP contribution in [-0.4, -0.2) is 43.3 Å². The number of hydrogen-bond acceptors (Lipinski definition) is 5. The standard InChI is InChI=1S/C13H24N4O/c1-10(2)12-9-11(3)16-13(17-12)15-6-5-14-7-8-18-4/h9-10,14H,5-8H2,1-4H3,(H,15,16,17). The first-order valence-corrected chi connectivity index (χ1v) is 6.42. The molecule has 0 saturated carbocycles. The predicted octanol–water partition coefficient (Wildman–Crippen LogP) is 1.56. The van der Waals surface area contributed by atoms with E-state index < -0.39 is 0 Å². The van der Waals surface area contributed by atoms with Crippen molar-refractivity contribution < 1.29 is 4.74 Å². The molecule has 0 spiro atoms. The summed E-state index contributed by atoms with van der Waals surface area (Å²) in [6, 6.07) is 2.03. The van der Waals surface area contributed by atoms with E-state index in [1.165, 1.54) is 0 Å². The molecule has 0 radical (unpaired) electrons. The van der Waals surface area contributed by atoms with E-state index in [1.807, 2.05) is 13.0 Å². The van der Waals surface area contributed by atoms with Crippen molar-refractivity contribution in [2.24, 2.45) is 0 Å². The van der Waals surface area contributed by atoms with Gasteiger partial charge in [-0.15, -0.1) is 0 Å². The summed E-state index contributed by atoms with van der Waals surface area (Å²) in [5, 5.41) is 6.50. The van der Waals surface area contributed by atoms with Crippen LogP contribution in [0.25, 0.3) is 0 Å². The van der Waals surface area contributed by atoms with Gasteiger partial charge in [0.15, 0.2) is 0 Å². The highest BCUT2D eigenvalue weighted by molar-refractivity contribution is 5.29. The summed E-state index contributed by atoms with van der Waals surface area (Å²) in [4.78, 5) is 8.87. The predicted molar refractivity (Wildman–Crippen MR) is 74.1 cm³/mol. The maximum Gasteiger partial charge on any atom is 0.223 e. The van der Waals surface area contributed by atoms with Crippen LogP contribution in [0.5, 0.6) is 0 Å². The molecule has 1 rings (SSSR count). The molecule has 0 amide bonds. The fourth-order valence-corrected chi connectivity index (χ4v) is 1.53. The monoisotopic (exact) mass is 252 g/mol. The number of anilines is 1. The molecular formula is C13H24N4O. The van der Waals surface area contributed by atoms with E-state index in [4.69, 9.17) is 4.74 Å². The minimum atomic E-state index is 0.423.